The molecular formula is C11H18N2O. The van der Waals surface area contributed by atoms with Gasteiger partial charge in [-0.25, -0.2) is 0 Å². The van der Waals surface area contributed by atoms with Gasteiger partial charge < -0.3 is 16.6 Å². The minimum absolute atomic E-state index is 0.136. The second kappa shape index (κ2) is 4.44. The van der Waals surface area contributed by atoms with Gasteiger partial charge in [-0.1, -0.05) is 32.0 Å². The van der Waals surface area contributed by atoms with Crippen molar-refractivity contribution in [3.63, 3.8) is 0 Å². The van der Waals surface area contributed by atoms with E-state index < -0.39 is 0 Å². The van der Waals surface area contributed by atoms with Crippen molar-refractivity contribution in [2.45, 2.75) is 25.9 Å². The lowest BCUT2D eigenvalue weighted by Gasteiger charge is -2.24. The third-order valence-electron chi connectivity index (χ3n) is 2.48. The first-order valence-corrected chi connectivity index (χ1v) is 4.83. The molecule has 0 aliphatic heterocycles. The van der Waals surface area contributed by atoms with Crippen molar-refractivity contribution < 1.29 is 5.11 Å². The molecule has 0 aliphatic carbocycles. The number of phenolic OH excluding ortho intramolecular Hbond substituents is 1. The summed E-state index contributed by atoms with van der Waals surface area (Å²) in [6.45, 7) is 4.04. The largest absolute Gasteiger partial charge is 0.508 e. The van der Waals surface area contributed by atoms with E-state index >= 15 is 0 Å². The van der Waals surface area contributed by atoms with Crippen LogP contribution >= 0.6 is 0 Å². The van der Waals surface area contributed by atoms with Crippen LogP contribution in [0.2, 0.25) is 0 Å². The van der Waals surface area contributed by atoms with Gasteiger partial charge in [-0.3, -0.25) is 0 Å². The number of benzene rings is 1. The van der Waals surface area contributed by atoms with Gasteiger partial charge in [0.05, 0.1) is 0 Å². The molecule has 0 spiro atoms. The fraction of sp³-hybridized carbons (Fsp3) is 0.455. The van der Waals surface area contributed by atoms with E-state index in [9.17, 15) is 5.11 Å². The standard InChI is InChI=1S/C11H18N2O/c1-7(2)10(12)11(13)8-5-3-4-6-9(8)14/h3-7,10-11,14H,12-13H2,1-2H3. The van der Waals surface area contributed by atoms with Crippen LogP contribution in [0, 0.1) is 5.92 Å². The second-order valence-corrected chi connectivity index (χ2v) is 3.91. The number of nitrogens with two attached hydrogens (primary N) is 2. The van der Waals surface area contributed by atoms with Crippen molar-refractivity contribution in [2.24, 2.45) is 17.4 Å². The Kier molecular flexibility index (Phi) is 3.49. The lowest BCUT2D eigenvalue weighted by molar-refractivity contribution is 0.403. The topological polar surface area (TPSA) is 72.3 Å². The van der Waals surface area contributed by atoms with Gasteiger partial charge in [-0.15, -0.1) is 0 Å². The Morgan fingerprint density at radius 2 is 1.71 bits per heavy atom. The lowest BCUT2D eigenvalue weighted by atomic mass is 9.92. The molecule has 0 aliphatic rings. The Labute approximate surface area is 84.7 Å². The molecule has 0 saturated heterocycles. The average Bonchev–Trinajstić information content (AvgIpc) is 2.16. The molecule has 5 N–H and O–H groups in total. The number of phenols is 1. The molecule has 2 unspecified atom stereocenters. The van der Waals surface area contributed by atoms with E-state index in [1.807, 2.05) is 26.0 Å². The van der Waals surface area contributed by atoms with Crippen LogP contribution in [0.3, 0.4) is 0 Å². The van der Waals surface area contributed by atoms with Crippen LogP contribution in [0.25, 0.3) is 0 Å². The summed E-state index contributed by atoms with van der Waals surface area (Å²) in [6, 6.07) is 6.61. The summed E-state index contributed by atoms with van der Waals surface area (Å²) >= 11 is 0. The maximum absolute atomic E-state index is 9.58. The van der Waals surface area contributed by atoms with Gasteiger partial charge >= 0.3 is 0 Å². The van der Waals surface area contributed by atoms with Gasteiger partial charge in [-0.2, -0.15) is 0 Å². The number of aromatic hydroxyl groups is 1. The predicted octanol–water partition coefficient (Wildman–Crippen LogP) is 1.38. The second-order valence-electron chi connectivity index (χ2n) is 3.91. The van der Waals surface area contributed by atoms with E-state index in [-0.39, 0.29) is 17.8 Å². The van der Waals surface area contributed by atoms with Gasteiger partial charge in [0.25, 0.3) is 0 Å². The Hall–Kier alpha value is -1.06. The summed E-state index contributed by atoms with van der Waals surface area (Å²) in [5.41, 5.74) is 12.6. The lowest BCUT2D eigenvalue weighted by Crippen LogP contribution is -2.38. The van der Waals surface area contributed by atoms with Gasteiger partial charge in [0.2, 0.25) is 0 Å². The normalized spacial score (nSPS) is 15.5. The Morgan fingerprint density at radius 3 is 2.21 bits per heavy atom. The zero-order valence-electron chi connectivity index (χ0n) is 8.64. The minimum Gasteiger partial charge on any atom is -0.508 e. The van der Waals surface area contributed by atoms with Crippen molar-refractivity contribution in [1.29, 1.82) is 0 Å². The first-order valence-electron chi connectivity index (χ1n) is 4.83. The number of hydrogen-bond acceptors (Lipinski definition) is 3. The highest BCUT2D eigenvalue weighted by Gasteiger charge is 2.20. The molecule has 1 aromatic carbocycles. The highest BCUT2D eigenvalue weighted by Crippen LogP contribution is 2.25. The molecule has 0 heterocycles. The molecule has 3 heteroatoms. The summed E-state index contributed by atoms with van der Waals surface area (Å²) in [5.74, 6) is 0.515. The fourth-order valence-corrected chi connectivity index (χ4v) is 1.39. The van der Waals surface area contributed by atoms with Crippen LogP contribution in [0.4, 0.5) is 0 Å². The monoisotopic (exact) mass is 194 g/mol. The molecular weight excluding hydrogens is 176 g/mol. The molecule has 0 amide bonds. The van der Waals surface area contributed by atoms with Crippen molar-refractivity contribution >= 4 is 0 Å². The van der Waals surface area contributed by atoms with Crippen LogP contribution in [0.1, 0.15) is 25.5 Å². The van der Waals surface area contributed by atoms with Crippen LogP contribution in [-0.2, 0) is 0 Å². The maximum Gasteiger partial charge on any atom is 0.120 e. The molecule has 3 nitrogen and oxygen atoms in total. The molecule has 1 rings (SSSR count). The summed E-state index contributed by atoms with van der Waals surface area (Å²) < 4.78 is 0. The van der Waals surface area contributed by atoms with Gasteiger partial charge in [-0.05, 0) is 12.0 Å². The summed E-state index contributed by atoms with van der Waals surface area (Å²) in [4.78, 5) is 0. The molecule has 0 radical (unpaired) electrons. The van der Waals surface area contributed by atoms with Crippen molar-refractivity contribution in [1.82, 2.24) is 0 Å². The zero-order valence-corrected chi connectivity index (χ0v) is 8.64. The SMILES string of the molecule is CC(C)C(N)C(N)c1ccccc1O. The molecule has 1 aromatic rings. The van der Waals surface area contributed by atoms with Crippen LogP contribution in [0.5, 0.6) is 5.75 Å². The van der Waals surface area contributed by atoms with Crippen LogP contribution < -0.4 is 11.5 Å². The quantitative estimate of drug-likeness (QED) is 0.680. The number of rotatable bonds is 3. The van der Waals surface area contributed by atoms with E-state index in [2.05, 4.69) is 0 Å². The molecule has 0 bridgehead atoms. The third kappa shape index (κ3) is 2.25. The summed E-state index contributed by atoms with van der Waals surface area (Å²) in [7, 11) is 0. The average molecular weight is 194 g/mol. The third-order valence-corrected chi connectivity index (χ3v) is 2.48. The van der Waals surface area contributed by atoms with E-state index in [1.165, 1.54) is 0 Å². The van der Waals surface area contributed by atoms with E-state index in [0.717, 1.165) is 0 Å². The molecule has 14 heavy (non-hydrogen) atoms. The predicted molar refractivity (Wildman–Crippen MR) is 57.8 cm³/mol. The highest BCUT2D eigenvalue weighted by atomic mass is 16.3. The zero-order chi connectivity index (χ0) is 10.7. The number of para-hydroxylation sites is 1. The van der Waals surface area contributed by atoms with Crippen molar-refractivity contribution in [3.8, 4) is 5.75 Å². The van der Waals surface area contributed by atoms with E-state index in [1.54, 1.807) is 12.1 Å². The van der Waals surface area contributed by atoms with Crippen LogP contribution in [0.15, 0.2) is 24.3 Å². The first kappa shape index (κ1) is 11.0. The number of hydrogen-bond donors (Lipinski definition) is 3. The molecule has 0 fully saturated rings. The summed E-state index contributed by atoms with van der Waals surface area (Å²) in [6.07, 6.45) is 0. The van der Waals surface area contributed by atoms with E-state index in [4.69, 9.17) is 11.5 Å². The van der Waals surface area contributed by atoms with Crippen molar-refractivity contribution in [2.75, 3.05) is 0 Å². The Morgan fingerprint density at radius 1 is 1.14 bits per heavy atom. The van der Waals surface area contributed by atoms with Gasteiger partial charge in [0, 0.05) is 17.6 Å². The van der Waals surface area contributed by atoms with E-state index in [0.29, 0.717) is 11.5 Å². The molecule has 0 aromatic heterocycles. The highest BCUT2D eigenvalue weighted by molar-refractivity contribution is 5.35. The molecule has 78 valence electrons. The Balaban J connectivity index is 2.89. The van der Waals surface area contributed by atoms with Crippen molar-refractivity contribution in [3.05, 3.63) is 29.8 Å². The van der Waals surface area contributed by atoms with Gasteiger partial charge in [0.1, 0.15) is 5.75 Å². The molecule has 0 saturated carbocycles. The van der Waals surface area contributed by atoms with Crippen LogP contribution in [-0.4, -0.2) is 11.1 Å². The maximum atomic E-state index is 9.58. The molecule has 2 atom stereocenters. The minimum atomic E-state index is -0.309. The first-order chi connectivity index (χ1) is 6.54. The summed E-state index contributed by atoms with van der Waals surface area (Å²) in [5, 5.41) is 9.58. The smallest absolute Gasteiger partial charge is 0.120 e. The van der Waals surface area contributed by atoms with Gasteiger partial charge in [0.15, 0.2) is 0 Å². The fourth-order valence-electron chi connectivity index (χ4n) is 1.39. The Bertz CT molecular complexity index is 299.